The molecule has 4 aliphatic rings. The zero-order chi connectivity index (χ0) is 27.7. The van der Waals surface area contributed by atoms with E-state index in [4.69, 9.17) is 18.2 Å². The Balaban J connectivity index is 1.02. The largest absolute Gasteiger partial charge is 0.371 e. The van der Waals surface area contributed by atoms with Gasteiger partial charge >= 0.3 is 0 Å². The summed E-state index contributed by atoms with van der Waals surface area (Å²) in [7, 11) is 0. The van der Waals surface area contributed by atoms with Gasteiger partial charge in [0.05, 0.1) is 6.57 Å². The Morgan fingerprint density at radius 3 is 2.23 bits per heavy atom. The van der Waals surface area contributed by atoms with Gasteiger partial charge in [-0.1, -0.05) is 17.7 Å². The number of nitrogens with one attached hydrogen (secondary N) is 1. The van der Waals surface area contributed by atoms with Crippen molar-refractivity contribution in [1.29, 1.82) is 0 Å². The number of hydrogen-bond donors (Lipinski definition) is 1. The van der Waals surface area contributed by atoms with E-state index >= 15 is 0 Å². The molecule has 6 rings (SSSR count). The third-order valence-corrected chi connectivity index (χ3v) is 10.6. The summed E-state index contributed by atoms with van der Waals surface area (Å²) >= 11 is 6.35. The Morgan fingerprint density at radius 1 is 0.925 bits per heavy atom. The molecule has 40 heavy (non-hydrogen) atoms. The molecule has 2 aromatic rings. The van der Waals surface area contributed by atoms with Crippen LogP contribution in [-0.2, 0) is 0 Å². The number of anilines is 2. The van der Waals surface area contributed by atoms with Crippen molar-refractivity contribution >= 4 is 34.6 Å². The number of piperidine rings is 2. The summed E-state index contributed by atoms with van der Waals surface area (Å²) in [6.07, 6.45) is 5.93. The van der Waals surface area contributed by atoms with Gasteiger partial charge < -0.3 is 20.0 Å². The molecule has 0 aromatic heterocycles. The van der Waals surface area contributed by atoms with Crippen LogP contribution in [0, 0.1) is 12.0 Å². The lowest BCUT2D eigenvalue weighted by atomic mass is 9.73. The number of hydrogen-bond acceptors (Lipinski definition) is 5. The quantitative estimate of drug-likeness (QED) is 0.515. The molecule has 4 fully saturated rings. The van der Waals surface area contributed by atoms with Crippen LogP contribution in [0.15, 0.2) is 42.5 Å². The van der Waals surface area contributed by atoms with Crippen LogP contribution in [0.1, 0.15) is 49.4 Å². The van der Waals surface area contributed by atoms with Gasteiger partial charge in [0.15, 0.2) is 0 Å². The van der Waals surface area contributed by atoms with Gasteiger partial charge in [0, 0.05) is 79.9 Å². The third kappa shape index (κ3) is 5.30. The summed E-state index contributed by atoms with van der Waals surface area (Å²) in [4.78, 5) is 26.3. The van der Waals surface area contributed by atoms with Crippen molar-refractivity contribution in [2.45, 2.75) is 51.1 Å². The maximum absolute atomic E-state index is 13.2. The standard InChI is InChI=1S/C32H41ClN6O/c1-24-32(13-18-39(24)28-7-8-30(34-2)29(33)23-28)11-16-36(17-12-32)26-5-3-25(4-6-26)31(40)38-21-19-37(20-22-38)27-9-14-35-15-10-27/h3-8,23-24,27,35H,9-22H2,1H3. The molecule has 1 spiro atoms. The highest BCUT2D eigenvalue weighted by Crippen LogP contribution is 2.48. The zero-order valence-electron chi connectivity index (χ0n) is 23.6. The highest BCUT2D eigenvalue weighted by atomic mass is 35.5. The maximum Gasteiger partial charge on any atom is 0.253 e. The Kier molecular flexibility index (Phi) is 7.94. The second-order valence-electron chi connectivity index (χ2n) is 12.1. The first-order valence-electron chi connectivity index (χ1n) is 15.0. The molecule has 1 N–H and O–H groups in total. The van der Waals surface area contributed by atoms with E-state index in [1.54, 1.807) is 0 Å². The molecule has 1 unspecified atom stereocenters. The number of carbonyl (C=O) groups is 1. The van der Waals surface area contributed by atoms with E-state index in [1.807, 2.05) is 35.2 Å². The molecule has 4 aliphatic heterocycles. The average Bonchev–Trinajstić information content (AvgIpc) is 3.32. The molecule has 8 heteroatoms. The van der Waals surface area contributed by atoms with Crippen molar-refractivity contribution < 1.29 is 4.79 Å². The number of amides is 1. The molecule has 212 valence electrons. The van der Waals surface area contributed by atoms with E-state index in [2.05, 4.69) is 43.9 Å². The van der Waals surface area contributed by atoms with Crippen LogP contribution < -0.4 is 15.1 Å². The first kappa shape index (κ1) is 27.4. The molecule has 4 saturated heterocycles. The highest BCUT2D eigenvalue weighted by molar-refractivity contribution is 6.33. The van der Waals surface area contributed by atoms with Gasteiger partial charge in [0.2, 0.25) is 5.69 Å². The lowest BCUT2D eigenvalue weighted by molar-refractivity contribution is 0.0532. The van der Waals surface area contributed by atoms with Gasteiger partial charge in [-0.25, -0.2) is 4.85 Å². The summed E-state index contributed by atoms with van der Waals surface area (Å²) in [5, 5.41) is 3.99. The van der Waals surface area contributed by atoms with Gasteiger partial charge in [0.1, 0.15) is 0 Å². The van der Waals surface area contributed by atoms with E-state index in [0.29, 0.717) is 28.2 Å². The van der Waals surface area contributed by atoms with Crippen LogP contribution in [0.2, 0.25) is 5.02 Å². The van der Waals surface area contributed by atoms with Gasteiger partial charge in [-0.15, -0.1) is 0 Å². The summed E-state index contributed by atoms with van der Waals surface area (Å²) in [5.41, 5.74) is 3.95. The van der Waals surface area contributed by atoms with E-state index in [1.165, 1.54) is 24.9 Å². The van der Waals surface area contributed by atoms with Gasteiger partial charge in [-0.05, 0) is 93.9 Å². The van der Waals surface area contributed by atoms with Crippen LogP contribution in [0.5, 0.6) is 0 Å². The lowest BCUT2D eigenvalue weighted by Gasteiger charge is -2.44. The predicted octanol–water partition coefficient (Wildman–Crippen LogP) is 5.29. The number of carbonyl (C=O) groups excluding carboxylic acids is 1. The number of halogens is 1. The minimum atomic E-state index is 0.165. The van der Waals surface area contributed by atoms with Crippen LogP contribution in [0.4, 0.5) is 17.1 Å². The molecular weight excluding hydrogens is 520 g/mol. The monoisotopic (exact) mass is 560 g/mol. The SMILES string of the molecule is [C-]#[N+]c1ccc(N2CCC3(CCN(c4ccc(C(=O)N5CCN(C6CCNCC6)CC5)cc4)CC3)C2C)cc1Cl. The first-order chi connectivity index (χ1) is 19.5. The maximum atomic E-state index is 13.2. The number of benzene rings is 2. The van der Waals surface area contributed by atoms with E-state index in [0.717, 1.165) is 83.0 Å². The molecule has 0 bridgehead atoms. The smallest absolute Gasteiger partial charge is 0.253 e. The minimum absolute atomic E-state index is 0.165. The van der Waals surface area contributed by atoms with Crippen LogP contribution in [-0.4, -0.2) is 86.7 Å². The average molecular weight is 561 g/mol. The second-order valence-corrected chi connectivity index (χ2v) is 12.5. The Hall–Kier alpha value is -2.79. The Morgan fingerprint density at radius 2 is 1.57 bits per heavy atom. The number of rotatable bonds is 4. The molecule has 0 aliphatic carbocycles. The molecule has 0 saturated carbocycles. The van der Waals surface area contributed by atoms with Crippen molar-refractivity contribution in [2.75, 3.05) is 68.7 Å². The molecule has 1 atom stereocenters. The van der Waals surface area contributed by atoms with E-state index in [-0.39, 0.29) is 5.91 Å². The number of piperazine rings is 1. The summed E-state index contributed by atoms with van der Waals surface area (Å²) in [6, 6.07) is 15.3. The van der Waals surface area contributed by atoms with Crippen molar-refractivity contribution in [3.63, 3.8) is 0 Å². The third-order valence-electron chi connectivity index (χ3n) is 10.3. The van der Waals surface area contributed by atoms with E-state index in [9.17, 15) is 4.79 Å². The fraction of sp³-hybridized carbons (Fsp3) is 0.562. The summed E-state index contributed by atoms with van der Waals surface area (Å²) in [6.45, 7) is 18.5. The summed E-state index contributed by atoms with van der Waals surface area (Å²) in [5.74, 6) is 0.165. The zero-order valence-corrected chi connectivity index (χ0v) is 24.4. The lowest BCUT2D eigenvalue weighted by Crippen LogP contribution is -2.53. The van der Waals surface area contributed by atoms with Crippen molar-refractivity contribution in [3.05, 3.63) is 64.5 Å². The Bertz CT molecular complexity index is 1240. The molecular formula is C32H41ClN6O. The molecule has 0 radical (unpaired) electrons. The van der Waals surface area contributed by atoms with Crippen LogP contribution in [0.25, 0.3) is 4.85 Å². The fourth-order valence-electron chi connectivity index (χ4n) is 7.53. The minimum Gasteiger partial charge on any atom is -0.371 e. The highest BCUT2D eigenvalue weighted by Gasteiger charge is 2.46. The fourth-order valence-corrected chi connectivity index (χ4v) is 7.75. The molecule has 2 aromatic carbocycles. The van der Waals surface area contributed by atoms with Gasteiger partial charge in [-0.2, -0.15) is 0 Å². The van der Waals surface area contributed by atoms with Crippen molar-refractivity contribution in [3.8, 4) is 0 Å². The van der Waals surface area contributed by atoms with Gasteiger partial charge in [-0.3, -0.25) is 9.69 Å². The normalized spacial score (nSPS) is 23.9. The second kappa shape index (κ2) is 11.6. The van der Waals surface area contributed by atoms with Crippen molar-refractivity contribution in [2.24, 2.45) is 5.41 Å². The molecule has 1 amide bonds. The number of nitrogens with zero attached hydrogens (tertiary/aromatic N) is 5. The topological polar surface area (TPSA) is 46.4 Å². The van der Waals surface area contributed by atoms with Crippen LogP contribution in [0.3, 0.4) is 0 Å². The van der Waals surface area contributed by atoms with Crippen molar-refractivity contribution in [1.82, 2.24) is 15.1 Å². The molecule has 4 heterocycles. The van der Waals surface area contributed by atoms with Crippen LogP contribution >= 0.6 is 11.6 Å². The molecule has 7 nitrogen and oxygen atoms in total. The Labute approximate surface area is 243 Å². The van der Waals surface area contributed by atoms with E-state index < -0.39 is 0 Å². The first-order valence-corrected chi connectivity index (χ1v) is 15.4. The summed E-state index contributed by atoms with van der Waals surface area (Å²) < 4.78 is 0. The predicted molar refractivity (Wildman–Crippen MR) is 163 cm³/mol. The van der Waals surface area contributed by atoms with Gasteiger partial charge in [0.25, 0.3) is 5.91 Å².